The van der Waals surface area contributed by atoms with Crippen molar-refractivity contribution in [3.63, 3.8) is 0 Å². The van der Waals surface area contributed by atoms with Crippen molar-refractivity contribution in [3.8, 4) is 0 Å². The summed E-state index contributed by atoms with van der Waals surface area (Å²) in [6, 6.07) is 9.92. The number of aliphatic hydroxyl groups is 1. The fourth-order valence-corrected chi connectivity index (χ4v) is 5.47. The Kier molecular flexibility index (Phi) is 4.98. The number of hydrogen-bond acceptors (Lipinski definition) is 4. The third kappa shape index (κ3) is 3.48. The molecule has 0 aliphatic carbocycles. The first-order valence-electron chi connectivity index (χ1n) is 5.88. The lowest BCUT2D eigenvalue weighted by molar-refractivity contribution is 0.259. The van der Waals surface area contributed by atoms with E-state index in [1.54, 1.807) is 37.3 Å². The van der Waals surface area contributed by atoms with Crippen LogP contribution in [0.5, 0.6) is 0 Å². The highest BCUT2D eigenvalue weighted by molar-refractivity contribution is 9.11. The van der Waals surface area contributed by atoms with Crippen molar-refractivity contribution in [2.75, 3.05) is 6.61 Å². The van der Waals surface area contributed by atoms with Gasteiger partial charge in [0.15, 0.2) is 0 Å². The maximum absolute atomic E-state index is 12.4. The van der Waals surface area contributed by atoms with Crippen molar-refractivity contribution in [1.29, 1.82) is 0 Å². The molecule has 1 atom stereocenters. The van der Waals surface area contributed by atoms with Gasteiger partial charge >= 0.3 is 0 Å². The van der Waals surface area contributed by atoms with Crippen LogP contribution >= 0.6 is 27.3 Å². The monoisotopic (exact) mass is 375 g/mol. The molecule has 0 saturated heterocycles. The zero-order chi connectivity index (χ0) is 14.8. The second-order valence-corrected chi connectivity index (χ2v) is 8.56. The highest BCUT2D eigenvalue weighted by Crippen LogP contribution is 2.30. The molecule has 1 aromatic carbocycles. The van der Waals surface area contributed by atoms with Gasteiger partial charge in [0.25, 0.3) is 0 Å². The van der Waals surface area contributed by atoms with Crippen molar-refractivity contribution in [2.45, 2.75) is 17.9 Å². The number of nitrogens with one attached hydrogen (secondary N) is 1. The summed E-state index contributed by atoms with van der Waals surface area (Å²) in [6.45, 7) is 1.45. The molecule has 0 saturated carbocycles. The summed E-state index contributed by atoms with van der Waals surface area (Å²) in [7, 11) is -3.66. The summed E-state index contributed by atoms with van der Waals surface area (Å²) in [5, 5.41) is 9.43. The van der Waals surface area contributed by atoms with Crippen molar-refractivity contribution in [1.82, 2.24) is 4.72 Å². The Morgan fingerprint density at radius 3 is 2.50 bits per heavy atom. The molecule has 0 spiro atoms. The standard InChI is InChI=1S/C13H14BrNO3S2/c1-9-12(7-13(14)19-9)20(17,18)15-11(8-16)10-5-3-2-4-6-10/h2-7,11,15-16H,8H2,1H3/t11-/m1/s1. The average Bonchev–Trinajstić information content (AvgIpc) is 2.77. The average molecular weight is 376 g/mol. The Labute approximate surface area is 130 Å². The zero-order valence-corrected chi connectivity index (χ0v) is 13.9. The third-order valence-corrected chi connectivity index (χ3v) is 6.09. The van der Waals surface area contributed by atoms with Crippen molar-refractivity contribution < 1.29 is 13.5 Å². The molecular formula is C13H14BrNO3S2. The highest BCUT2D eigenvalue weighted by atomic mass is 79.9. The van der Waals surface area contributed by atoms with Crippen LogP contribution < -0.4 is 4.72 Å². The first-order chi connectivity index (χ1) is 9.44. The summed E-state index contributed by atoms with van der Waals surface area (Å²) in [6.07, 6.45) is 0. The van der Waals surface area contributed by atoms with E-state index in [1.165, 1.54) is 11.3 Å². The molecule has 2 aromatic rings. The van der Waals surface area contributed by atoms with Crippen LogP contribution in [0, 0.1) is 6.92 Å². The van der Waals surface area contributed by atoms with Crippen LogP contribution in [0.1, 0.15) is 16.5 Å². The lowest BCUT2D eigenvalue weighted by Crippen LogP contribution is -2.31. The van der Waals surface area contributed by atoms with E-state index in [2.05, 4.69) is 20.7 Å². The molecule has 2 N–H and O–H groups in total. The first kappa shape index (κ1) is 15.7. The second kappa shape index (κ2) is 6.36. The maximum Gasteiger partial charge on any atom is 0.242 e. The van der Waals surface area contributed by atoms with Gasteiger partial charge in [-0.15, -0.1) is 11.3 Å². The number of hydrogen-bond donors (Lipinski definition) is 2. The SMILES string of the molecule is Cc1sc(Br)cc1S(=O)(=O)N[C@H](CO)c1ccccc1. The van der Waals surface area contributed by atoms with Crippen molar-refractivity contribution in [3.05, 3.63) is 50.6 Å². The van der Waals surface area contributed by atoms with Gasteiger partial charge in [0, 0.05) is 4.88 Å². The number of rotatable bonds is 5. The van der Waals surface area contributed by atoms with Crippen LogP contribution in [0.25, 0.3) is 0 Å². The molecule has 20 heavy (non-hydrogen) atoms. The van der Waals surface area contributed by atoms with E-state index in [9.17, 15) is 13.5 Å². The number of aliphatic hydroxyl groups excluding tert-OH is 1. The van der Waals surface area contributed by atoms with E-state index in [0.29, 0.717) is 4.88 Å². The largest absolute Gasteiger partial charge is 0.394 e. The van der Waals surface area contributed by atoms with Gasteiger partial charge in [-0.3, -0.25) is 0 Å². The lowest BCUT2D eigenvalue weighted by Gasteiger charge is -2.16. The maximum atomic E-state index is 12.4. The predicted octanol–water partition coefficient (Wildman–Crippen LogP) is 2.83. The van der Waals surface area contributed by atoms with Crippen LogP contribution in [0.2, 0.25) is 0 Å². The molecule has 7 heteroatoms. The Bertz CT molecular complexity index is 683. The molecule has 0 aliphatic rings. The van der Waals surface area contributed by atoms with Gasteiger partial charge in [0.1, 0.15) is 0 Å². The summed E-state index contributed by atoms with van der Waals surface area (Å²) in [4.78, 5) is 0.942. The second-order valence-electron chi connectivity index (χ2n) is 4.24. The van der Waals surface area contributed by atoms with Crippen molar-refractivity contribution in [2.24, 2.45) is 0 Å². The Balaban J connectivity index is 2.29. The van der Waals surface area contributed by atoms with Crippen LogP contribution in [0.15, 0.2) is 45.1 Å². The van der Waals surface area contributed by atoms with E-state index in [1.807, 2.05) is 6.07 Å². The minimum absolute atomic E-state index is 0.240. The number of thiophene rings is 1. The van der Waals surface area contributed by atoms with Crippen molar-refractivity contribution >= 4 is 37.3 Å². The first-order valence-corrected chi connectivity index (χ1v) is 8.97. The Morgan fingerprint density at radius 1 is 1.35 bits per heavy atom. The molecule has 1 heterocycles. The lowest BCUT2D eigenvalue weighted by atomic mass is 10.1. The van der Waals surface area contributed by atoms with E-state index >= 15 is 0 Å². The smallest absolute Gasteiger partial charge is 0.242 e. The number of benzene rings is 1. The summed E-state index contributed by atoms with van der Waals surface area (Å²) in [5.74, 6) is 0. The Morgan fingerprint density at radius 2 is 2.00 bits per heavy atom. The van der Waals surface area contributed by atoms with Crippen LogP contribution in [0.4, 0.5) is 0 Å². The third-order valence-electron chi connectivity index (χ3n) is 2.81. The number of aryl methyl sites for hydroxylation is 1. The van der Waals surface area contributed by atoms with E-state index in [4.69, 9.17) is 0 Å². The van der Waals surface area contributed by atoms with Gasteiger partial charge in [-0.05, 0) is 34.5 Å². The normalized spacial score (nSPS) is 13.3. The van der Waals surface area contributed by atoms with Crippen LogP contribution in [-0.2, 0) is 10.0 Å². The van der Waals surface area contributed by atoms with Gasteiger partial charge in [-0.1, -0.05) is 30.3 Å². The van der Waals surface area contributed by atoms with E-state index in [-0.39, 0.29) is 11.5 Å². The quantitative estimate of drug-likeness (QED) is 0.844. The highest BCUT2D eigenvalue weighted by Gasteiger charge is 2.24. The number of halogens is 1. The molecule has 1 aromatic heterocycles. The summed E-state index contributed by atoms with van der Waals surface area (Å²) < 4.78 is 28.0. The summed E-state index contributed by atoms with van der Waals surface area (Å²) >= 11 is 4.64. The Hall–Kier alpha value is -0.730. The molecule has 0 aliphatic heterocycles. The molecule has 4 nitrogen and oxygen atoms in total. The molecule has 0 fully saturated rings. The molecule has 0 bridgehead atoms. The van der Waals surface area contributed by atoms with E-state index < -0.39 is 16.1 Å². The minimum Gasteiger partial charge on any atom is -0.394 e. The minimum atomic E-state index is -3.66. The fraction of sp³-hybridized carbons (Fsp3) is 0.231. The number of sulfonamides is 1. The van der Waals surface area contributed by atoms with Gasteiger partial charge < -0.3 is 5.11 Å². The summed E-state index contributed by atoms with van der Waals surface area (Å²) in [5.41, 5.74) is 0.727. The molecular weight excluding hydrogens is 362 g/mol. The van der Waals surface area contributed by atoms with Crippen LogP contribution in [0.3, 0.4) is 0 Å². The zero-order valence-electron chi connectivity index (χ0n) is 10.7. The molecule has 2 rings (SSSR count). The molecule has 108 valence electrons. The van der Waals surface area contributed by atoms with Crippen LogP contribution in [-0.4, -0.2) is 20.1 Å². The fourth-order valence-electron chi connectivity index (χ4n) is 1.84. The molecule has 0 amide bonds. The van der Waals surface area contributed by atoms with Gasteiger partial charge in [-0.25, -0.2) is 13.1 Å². The molecule has 0 unspecified atom stereocenters. The predicted molar refractivity (Wildman–Crippen MR) is 83.3 cm³/mol. The van der Waals surface area contributed by atoms with Gasteiger partial charge in [0.05, 0.1) is 21.3 Å². The van der Waals surface area contributed by atoms with E-state index in [0.717, 1.165) is 9.35 Å². The van der Waals surface area contributed by atoms with Gasteiger partial charge in [-0.2, -0.15) is 0 Å². The van der Waals surface area contributed by atoms with Gasteiger partial charge in [0.2, 0.25) is 10.0 Å². The molecule has 0 radical (unpaired) electrons. The topological polar surface area (TPSA) is 66.4 Å².